The van der Waals surface area contributed by atoms with Crippen molar-refractivity contribution in [1.82, 2.24) is 15.1 Å². The highest BCUT2D eigenvalue weighted by Crippen LogP contribution is 2.32. The first kappa shape index (κ1) is 16.6. The smallest absolute Gasteiger partial charge is 0.231 e. The summed E-state index contributed by atoms with van der Waals surface area (Å²) in [7, 11) is 0. The molecule has 138 valence electrons. The maximum absolute atomic E-state index is 12.1. The molecule has 1 saturated carbocycles. The second-order valence-electron chi connectivity index (χ2n) is 6.99. The van der Waals surface area contributed by atoms with Gasteiger partial charge in [0.2, 0.25) is 17.6 Å². The van der Waals surface area contributed by atoms with Gasteiger partial charge in [-0.2, -0.15) is 4.98 Å². The summed E-state index contributed by atoms with van der Waals surface area (Å²) in [6, 6.07) is 17.5. The standard InChI is InChI=1S/C22H18N4O2/c27-22(15-10-11-15)24-18-9-2-1-8-17(18)21-25-19(28-26-21)13-16-6-3-5-14-7-4-12-23-20(14)16/h1-9,12,15H,10-11,13H2,(H,24,27). The van der Waals surface area contributed by atoms with Crippen LogP contribution in [0.3, 0.4) is 0 Å². The summed E-state index contributed by atoms with van der Waals surface area (Å²) in [5, 5.41) is 8.19. The van der Waals surface area contributed by atoms with E-state index in [0.717, 1.165) is 34.9 Å². The lowest BCUT2D eigenvalue weighted by Crippen LogP contribution is -2.14. The zero-order valence-electron chi connectivity index (χ0n) is 15.1. The maximum atomic E-state index is 12.1. The van der Waals surface area contributed by atoms with Gasteiger partial charge in [-0.1, -0.05) is 41.6 Å². The fraction of sp³-hybridized carbons (Fsp3) is 0.182. The first-order chi connectivity index (χ1) is 13.8. The van der Waals surface area contributed by atoms with E-state index in [2.05, 4.69) is 20.4 Å². The average Bonchev–Trinajstić information content (AvgIpc) is 3.48. The van der Waals surface area contributed by atoms with Crippen LogP contribution in [0.5, 0.6) is 0 Å². The van der Waals surface area contributed by atoms with E-state index in [1.165, 1.54) is 0 Å². The third-order valence-electron chi connectivity index (χ3n) is 4.90. The molecule has 6 nitrogen and oxygen atoms in total. The minimum Gasteiger partial charge on any atom is -0.339 e. The summed E-state index contributed by atoms with van der Waals surface area (Å²) in [5.74, 6) is 1.16. The number of carbonyl (C=O) groups excluding carboxylic acids is 1. The van der Waals surface area contributed by atoms with Crippen LogP contribution in [0.15, 0.2) is 65.3 Å². The highest BCUT2D eigenvalue weighted by atomic mass is 16.5. The van der Waals surface area contributed by atoms with Crippen molar-refractivity contribution < 1.29 is 9.32 Å². The molecule has 2 heterocycles. The minimum absolute atomic E-state index is 0.0537. The Kier molecular flexibility index (Phi) is 4.09. The largest absolute Gasteiger partial charge is 0.339 e. The number of fused-ring (bicyclic) bond motifs is 1. The van der Waals surface area contributed by atoms with Crippen molar-refractivity contribution in [1.29, 1.82) is 0 Å². The van der Waals surface area contributed by atoms with E-state index in [4.69, 9.17) is 4.52 Å². The molecule has 4 aromatic rings. The molecule has 0 radical (unpaired) electrons. The number of rotatable bonds is 5. The number of nitrogens with one attached hydrogen (secondary N) is 1. The number of benzene rings is 2. The van der Waals surface area contributed by atoms with Gasteiger partial charge in [0.1, 0.15) is 0 Å². The van der Waals surface area contributed by atoms with Crippen molar-refractivity contribution in [3.8, 4) is 11.4 Å². The van der Waals surface area contributed by atoms with Crippen molar-refractivity contribution in [3.63, 3.8) is 0 Å². The summed E-state index contributed by atoms with van der Waals surface area (Å²) in [5.41, 5.74) is 3.42. The number of para-hydroxylation sites is 2. The first-order valence-corrected chi connectivity index (χ1v) is 9.33. The third-order valence-corrected chi connectivity index (χ3v) is 4.90. The maximum Gasteiger partial charge on any atom is 0.231 e. The minimum atomic E-state index is 0.0537. The molecule has 0 atom stereocenters. The molecule has 1 amide bonds. The Balaban J connectivity index is 1.43. The molecular formula is C22H18N4O2. The molecule has 2 aromatic carbocycles. The van der Waals surface area contributed by atoms with Crippen LogP contribution in [0.1, 0.15) is 24.3 Å². The molecule has 1 aliphatic rings. The highest BCUT2D eigenvalue weighted by molar-refractivity contribution is 5.97. The number of pyridine rings is 1. The van der Waals surface area contributed by atoms with Crippen molar-refractivity contribution in [2.75, 3.05) is 5.32 Å². The van der Waals surface area contributed by atoms with Gasteiger partial charge in [0, 0.05) is 23.1 Å². The van der Waals surface area contributed by atoms with Gasteiger partial charge in [-0.25, -0.2) is 0 Å². The van der Waals surface area contributed by atoms with Crippen LogP contribution in [-0.4, -0.2) is 21.0 Å². The molecule has 1 aliphatic carbocycles. The van der Waals surface area contributed by atoms with Gasteiger partial charge in [-0.3, -0.25) is 9.78 Å². The molecule has 2 aromatic heterocycles. The number of carbonyl (C=O) groups is 1. The first-order valence-electron chi connectivity index (χ1n) is 9.33. The number of hydrogen-bond acceptors (Lipinski definition) is 5. The lowest BCUT2D eigenvalue weighted by atomic mass is 10.1. The Morgan fingerprint density at radius 1 is 1.07 bits per heavy atom. The molecule has 1 fully saturated rings. The molecule has 5 rings (SSSR count). The van der Waals surface area contributed by atoms with Crippen LogP contribution < -0.4 is 5.32 Å². The molecule has 0 unspecified atom stereocenters. The molecule has 28 heavy (non-hydrogen) atoms. The molecule has 1 N–H and O–H groups in total. The number of aromatic nitrogens is 3. The lowest BCUT2D eigenvalue weighted by Gasteiger charge is -2.07. The van der Waals surface area contributed by atoms with Crippen LogP contribution in [0.25, 0.3) is 22.3 Å². The highest BCUT2D eigenvalue weighted by Gasteiger charge is 2.30. The van der Waals surface area contributed by atoms with Crippen LogP contribution >= 0.6 is 0 Å². The molecule has 0 bridgehead atoms. The van der Waals surface area contributed by atoms with Crippen molar-refractivity contribution >= 4 is 22.5 Å². The Hall–Kier alpha value is -3.54. The molecule has 6 heteroatoms. The fourth-order valence-electron chi connectivity index (χ4n) is 3.28. The van der Waals surface area contributed by atoms with E-state index < -0.39 is 0 Å². The fourth-order valence-corrected chi connectivity index (χ4v) is 3.28. The van der Waals surface area contributed by atoms with Gasteiger partial charge in [-0.05, 0) is 36.6 Å². The monoisotopic (exact) mass is 370 g/mol. The number of amides is 1. The zero-order chi connectivity index (χ0) is 18.9. The van der Waals surface area contributed by atoms with Gasteiger partial charge in [0.05, 0.1) is 17.6 Å². The van der Waals surface area contributed by atoms with Crippen molar-refractivity contribution in [2.45, 2.75) is 19.3 Å². The van der Waals surface area contributed by atoms with Gasteiger partial charge in [0.25, 0.3) is 0 Å². The number of nitrogens with zero attached hydrogens (tertiary/aromatic N) is 3. The summed E-state index contributed by atoms with van der Waals surface area (Å²) in [6.45, 7) is 0. The predicted octanol–water partition coefficient (Wildman–Crippen LogP) is 4.22. The quantitative estimate of drug-likeness (QED) is 0.569. The van der Waals surface area contributed by atoms with E-state index in [9.17, 15) is 4.79 Å². The van der Waals surface area contributed by atoms with E-state index in [1.54, 1.807) is 6.20 Å². The van der Waals surface area contributed by atoms with Crippen molar-refractivity contribution in [3.05, 3.63) is 72.2 Å². The van der Waals surface area contributed by atoms with Crippen LogP contribution in [0, 0.1) is 5.92 Å². The Labute approximate surface area is 161 Å². The van der Waals surface area contributed by atoms with Gasteiger partial charge < -0.3 is 9.84 Å². The molecular weight excluding hydrogens is 352 g/mol. The normalized spacial score (nSPS) is 13.6. The van der Waals surface area contributed by atoms with E-state index >= 15 is 0 Å². The van der Waals surface area contributed by atoms with Gasteiger partial charge >= 0.3 is 0 Å². The second-order valence-corrected chi connectivity index (χ2v) is 6.99. The van der Waals surface area contributed by atoms with Crippen molar-refractivity contribution in [2.24, 2.45) is 5.92 Å². The predicted molar refractivity (Wildman–Crippen MR) is 106 cm³/mol. The van der Waals surface area contributed by atoms with E-state index in [-0.39, 0.29) is 11.8 Å². The SMILES string of the molecule is O=C(Nc1ccccc1-c1noc(Cc2cccc3cccnc23)n1)C1CC1. The summed E-state index contributed by atoms with van der Waals surface area (Å²) in [4.78, 5) is 21.2. The lowest BCUT2D eigenvalue weighted by molar-refractivity contribution is -0.117. The second kappa shape index (κ2) is 6.88. The van der Waals surface area contributed by atoms with Crippen LogP contribution in [-0.2, 0) is 11.2 Å². The van der Waals surface area contributed by atoms with E-state index in [1.807, 2.05) is 54.6 Å². The molecule has 0 spiro atoms. The van der Waals surface area contributed by atoms with Crippen LogP contribution in [0.4, 0.5) is 5.69 Å². The molecule has 0 aliphatic heterocycles. The Bertz CT molecular complexity index is 1160. The van der Waals surface area contributed by atoms with Gasteiger partial charge in [-0.15, -0.1) is 0 Å². The zero-order valence-corrected chi connectivity index (χ0v) is 15.1. The summed E-state index contributed by atoms with van der Waals surface area (Å²) < 4.78 is 5.49. The Morgan fingerprint density at radius 2 is 1.93 bits per heavy atom. The number of anilines is 1. The topological polar surface area (TPSA) is 80.9 Å². The summed E-state index contributed by atoms with van der Waals surface area (Å²) in [6.07, 6.45) is 4.20. The number of hydrogen-bond donors (Lipinski definition) is 1. The molecule has 0 saturated heterocycles. The third kappa shape index (κ3) is 3.24. The average molecular weight is 370 g/mol. The van der Waals surface area contributed by atoms with E-state index in [0.29, 0.717) is 23.8 Å². The Morgan fingerprint density at radius 3 is 2.82 bits per heavy atom. The summed E-state index contributed by atoms with van der Waals surface area (Å²) >= 11 is 0. The van der Waals surface area contributed by atoms with Gasteiger partial charge in [0.15, 0.2) is 0 Å². The van der Waals surface area contributed by atoms with Crippen LogP contribution in [0.2, 0.25) is 0 Å².